The number of nitrogens with one attached hydrogen (secondary N) is 1. The first-order valence-electron chi connectivity index (χ1n) is 6.00. The molecule has 0 aromatic carbocycles. The van der Waals surface area contributed by atoms with Gasteiger partial charge in [-0.15, -0.1) is 0 Å². The zero-order valence-electron chi connectivity index (χ0n) is 9.43. The molecule has 0 amide bonds. The first-order valence-corrected chi connectivity index (χ1v) is 7.44. The Labute approximate surface area is 97.0 Å². The molecule has 0 aromatic rings. The second-order valence-corrected chi connectivity index (χ2v) is 6.48. The van der Waals surface area contributed by atoms with Gasteiger partial charge in [-0.2, -0.15) is 17.4 Å². The van der Waals surface area contributed by atoms with Gasteiger partial charge in [0.25, 0.3) is 10.2 Å². The van der Waals surface area contributed by atoms with Gasteiger partial charge < -0.3 is 5.11 Å². The molecule has 16 heavy (non-hydrogen) atoms. The van der Waals surface area contributed by atoms with Crippen LogP contribution >= 0.6 is 0 Å². The van der Waals surface area contributed by atoms with Crippen molar-refractivity contribution in [1.29, 1.82) is 0 Å². The van der Waals surface area contributed by atoms with Crippen molar-refractivity contribution in [3.63, 3.8) is 0 Å². The van der Waals surface area contributed by atoms with Crippen molar-refractivity contribution < 1.29 is 13.5 Å². The topological polar surface area (TPSA) is 69.6 Å². The van der Waals surface area contributed by atoms with Crippen molar-refractivity contribution in [2.24, 2.45) is 5.92 Å². The van der Waals surface area contributed by atoms with Crippen molar-refractivity contribution in [2.45, 2.75) is 38.1 Å². The van der Waals surface area contributed by atoms with E-state index in [4.69, 9.17) is 5.11 Å². The lowest BCUT2D eigenvalue weighted by atomic mass is 9.97. The van der Waals surface area contributed by atoms with Crippen LogP contribution in [-0.4, -0.2) is 43.6 Å². The summed E-state index contributed by atoms with van der Waals surface area (Å²) in [5, 5.41) is 8.88. The number of nitrogens with zero attached hydrogens (tertiary/aromatic N) is 1. The molecule has 1 atom stereocenters. The fourth-order valence-electron chi connectivity index (χ4n) is 2.15. The molecule has 1 saturated carbocycles. The van der Waals surface area contributed by atoms with E-state index < -0.39 is 10.2 Å². The average Bonchev–Trinajstić information content (AvgIpc) is 3.02. The van der Waals surface area contributed by atoms with Gasteiger partial charge in [-0.05, 0) is 38.0 Å². The van der Waals surface area contributed by atoms with Gasteiger partial charge in [-0.25, -0.2) is 0 Å². The van der Waals surface area contributed by atoms with Crippen molar-refractivity contribution >= 4 is 10.2 Å². The zero-order valence-corrected chi connectivity index (χ0v) is 10.2. The van der Waals surface area contributed by atoms with E-state index in [1.807, 2.05) is 0 Å². The number of aliphatic hydroxyl groups is 1. The summed E-state index contributed by atoms with van der Waals surface area (Å²) in [6, 6.07) is 0.170. The lowest BCUT2D eigenvalue weighted by Gasteiger charge is -2.31. The molecule has 1 aliphatic carbocycles. The van der Waals surface area contributed by atoms with Gasteiger partial charge in [-0.3, -0.25) is 0 Å². The Bertz CT molecular complexity index is 325. The van der Waals surface area contributed by atoms with Gasteiger partial charge in [0.1, 0.15) is 0 Å². The number of hydrogen-bond donors (Lipinski definition) is 2. The summed E-state index contributed by atoms with van der Waals surface area (Å²) in [6.07, 6.45) is 4.56. The molecule has 2 N–H and O–H groups in total. The normalized spacial score (nSPS) is 28.2. The van der Waals surface area contributed by atoms with Crippen LogP contribution in [0, 0.1) is 5.92 Å². The van der Waals surface area contributed by atoms with Crippen molar-refractivity contribution in [1.82, 2.24) is 9.03 Å². The third-order valence-corrected chi connectivity index (χ3v) is 4.89. The molecule has 2 rings (SSSR count). The van der Waals surface area contributed by atoms with Gasteiger partial charge in [0.05, 0.1) is 0 Å². The molecule has 2 aliphatic rings. The average molecular weight is 248 g/mol. The molecule has 0 spiro atoms. The number of rotatable bonds is 5. The minimum absolute atomic E-state index is 0.147. The third-order valence-electron chi connectivity index (χ3n) is 3.25. The molecule has 1 saturated heterocycles. The van der Waals surface area contributed by atoms with E-state index in [1.54, 1.807) is 0 Å². The molecule has 94 valence electrons. The molecule has 0 bridgehead atoms. The van der Waals surface area contributed by atoms with Crippen LogP contribution in [0.4, 0.5) is 0 Å². The Kier molecular flexibility index (Phi) is 3.84. The third kappa shape index (κ3) is 3.16. The van der Waals surface area contributed by atoms with Gasteiger partial charge >= 0.3 is 0 Å². The summed E-state index contributed by atoms with van der Waals surface area (Å²) in [7, 11) is -3.27. The Hall–Kier alpha value is -0.170. The standard InChI is InChI=1S/C10H20N2O3S/c13-7-5-9-2-1-6-12(8-9)16(14,15)11-10-3-4-10/h9-11,13H,1-8H2. The summed E-state index contributed by atoms with van der Waals surface area (Å²) in [5.74, 6) is 0.314. The smallest absolute Gasteiger partial charge is 0.279 e. The Morgan fingerprint density at radius 3 is 2.69 bits per heavy atom. The van der Waals surface area contributed by atoms with Gasteiger partial charge in [0.15, 0.2) is 0 Å². The number of piperidine rings is 1. The van der Waals surface area contributed by atoms with Crippen LogP contribution in [-0.2, 0) is 10.2 Å². The minimum Gasteiger partial charge on any atom is -0.396 e. The first kappa shape index (κ1) is 12.3. The Morgan fingerprint density at radius 1 is 1.31 bits per heavy atom. The quantitative estimate of drug-likeness (QED) is 0.724. The van der Waals surface area contributed by atoms with Crippen LogP contribution in [0.25, 0.3) is 0 Å². The van der Waals surface area contributed by atoms with Gasteiger partial charge in [0.2, 0.25) is 0 Å². The molecule has 6 heteroatoms. The molecule has 5 nitrogen and oxygen atoms in total. The van der Waals surface area contributed by atoms with Crippen LogP contribution in [0.3, 0.4) is 0 Å². The summed E-state index contributed by atoms with van der Waals surface area (Å²) >= 11 is 0. The largest absolute Gasteiger partial charge is 0.396 e. The zero-order chi connectivity index (χ0) is 11.6. The molecule has 1 aliphatic heterocycles. The number of aliphatic hydroxyl groups excluding tert-OH is 1. The molecule has 1 heterocycles. The van der Waals surface area contributed by atoms with E-state index in [9.17, 15) is 8.42 Å². The molecule has 0 radical (unpaired) electrons. The van der Waals surface area contributed by atoms with Crippen LogP contribution in [0.2, 0.25) is 0 Å². The second-order valence-electron chi connectivity index (χ2n) is 4.78. The highest BCUT2D eigenvalue weighted by atomic mass is 32.2. The van der Waals surface area contributed by atoms with Crippen LogP contribution < -0.4 is 4.72 Å². The monoisotopic (exact) mass is 248 g/mol. The van der Waals surface area contributed by atoms with E-state index in [1.165, 1.54) is 4.31 Å². The van der Waals surface area contributed by atoms with Crippen molar-refractivity contribution in [3.8, 4) is 0 Å². The molecule has 0 aromatic heterocycles. The summed E-state index contributed by atoms with van der Waals surface area (Å²) in [5.41, 5.74) is 0. The maximum atomic E-state index is 11.9. The van der Waals surface area contributed by atoms with E-state index in [2.05, 4.69) is 4.72 Å². The molecular weight excluding hydrogens is 228 g/mol. The fourth-order valence-corrected chi connectivity index (χ4v) is 3.73. The minimum atomic E-state index is -3.27. The maximum Gasteiger partial charge on any atom is 0.279 e. The Balaban J connectivity index is 1.91. The lowest BCUT2D eigenvalue weighted by Crippen LogP contribution is -2.46. The summed E-state index contributed by atoms with van der Waals surface area (Å²) in [6.45, 7) is 1.32. The van der Waals surface area contributed by atoms with Crippen molar-refractivity contribution in [3.05, 3.63) is 0 Å². The van der Waals surface area contributed by atoms with Crippen molar-refractivity contribution in [2.75, 3.05) is 19.7 Å². The Morgan fingerprint density at radius 2 is 2.06 bits per heavy atom. The van der Waals surface area contributed by atoms with Crippen LogP contribution in [0.5, 0.6) is 0 Å². The highest BCUT2D eigenvalue weighted by Gasteiger charge is 2.33. The second kappa shape index (κ2) is 5.00. The molecule has 2 fully saturated rings. The van der Waals surface area contributed by atoms with Gasteiger partial charge in [-0.1, -0.05) is 0 Å². The highest BCUT2D eigenvalue weighted by Crippen LogP contribution is 2.24. The van der Waals surface area contributed by atoms with E-state index in [0.717, 1.165) is 25.7 Å². The van der Waals surface area contributed by atoms with E-state index >= 15 is 0 Å². The van der Waals surface area contributed by atoms with Crippen LogP contribution in [0.15, 0.2) is 0 Å². The van der Waals surface area contributed by atoms with Crippen LogP contribution in [0.1, 0.15) is 32.1 Å². The van der Waals surface area contributed by atoms with E-state index in [-0.39, 0.29) is 12.6 Å². The lowest BCUT2D eigenvalue weighted by molar-refractivity contribution is 0.202. The fraction of sp³-hybridized carbons (Fsp3) is 1.00. The number of hydrogen-bond acceptors (Lipinski definition) is 3. The molecular formula is C10H20N2O3S. The highest BCUT2D eigenvalue weighted by molar-refractivity contribution is 7.87. The molecule has 1 unspecified atom stereocenters. The maximum absolute atomic E-state index is 11.9. The first-order chi connectivity index (χ1) is 7.62. The predicted molar refractivity (Wildman–Crippen MR) is 61.1 cm³/mol. The predicted octanol–water partition coefficient (Wildman–Crippen LogP) is 0.0776. The summed E-state index contributed by atoms with van der Waals surface area (Å²) in [4.78, 5) is 0. The SMILES string of the molecule is O=S(=O)(NC1CC1)N1CCCC(CCO)C1. The van der Waals surface area contributed by atoms with Gasteiger partial charge in [0, 0.05) is 25.7 Å². The van der Waals surface area contributed by atoms with E-state index in [0.29, 0.717) is 25.4 Å². The summed E-state index contributed by atoms with van der Waals surface area (Å²) < 4.78 is 28.1.